The molecular formula is C11H18N2O. The van der Waals surface area contributed by atoms with Gasteiger partial charge in [0, 0.05) is 18.3 Å². The number of hydrogen-bond acceptors (Lipinski definition) is 3. The molecule has 1 atom stereocenters. The number of nitrogens with zero attached hydrogens (tertiary/aromatic N) is 1. The Balaban J connectivity index is 2.84. The van der Waals surface area contributed by atoms with Gasteiger partial charge in [-0.2, -0.15) is 0 Å². The van der Waals surface area contributed by atoms with Crippen molar-refractivity contribution in [2.24, 2.45) is 5.73 Å². The summed E-state index contributed by atoms with van der Waals surface area (Å²) in [7, 11) is 0. The van der Waals surface area contributed by atoms with Gasteiger partial charge in [0.15, 0.2) is 0 Å². The normalized spacial score (nSPS) is 13.8. The summed E-state index contributed by atoms with van der Waals surface area (Å²) in [5.74, 6) is 0.632. The van der Waals surface area contributed by atoms with Crippen molar-refractivity contribution in [2.45, 2.75) is 39.3 Å². The monoisotopic (exact) mass is 194 g/mol. The summed E-state index contributed by atoms with van der Waals surface area (Å²) in [4.78, 5) is 4.13. The van der Waals surface area contributed by atoms with Crippen LogP contribution in [0.4, 0.5) is 0 Å². The van der Waals surface area contributed by atoms with Crippen molar-refractivity contribution in [3.8, 4) is 5.88 Å². The van der Waals surface area contributed by atoms with E-state index in [-0.39, 0.29) is 11.6 Å². The fourth-order valence-electron chi connectivity index (χ4n) is 1.08. The largest absolute Gasteiger partial charge is 0.472 e. The maximum atomic E-state index is 5.76. The molecule has 0 aromatic carbocycles. The molecule has 14 heavy (non-hydrogen) atoms. The summed E-state index contributed by atoms with van der Waals surface area (Å²) in [5.41, 5.74) is 6.59. The quantitative estimate of drug-likeness (QED) is 0.785. The van der Waals surface area contributed by atoms with Crippen LogP contribution in [0.3, 0.4) is 0 Å². The van der Waals surface area contributed by atoms with E-state index in [1.54, 1.807) is 6.20 Å². The third-order valence-corrected chi connectivity index (χ3v) is 1.70. The summed E-state index contributed by atoms with van der Waals surface area (Å²) < 4.78 is 5.63. The topological polar surface area (TPSA) is 48.1 Å². The Hall–Kier alpha value is -1.09. The SMILES string of the molecule is C[C@@H](N)c1ccnc(OC(C)(C)C)c1. The molecule has 1 aromatic heterocycles. The first kappa shape index (κ1) is 11.0. The van der Waals surface area contributed by atoms with E-state index in [9.17, 15) is 0 Å². The molecule has 0 saturated carbocycles. The third-order valence-electron chi connectivity index (χ3n) is 1.70. The van der Waals surface area contributed by atoms with E-state index in [1.807, 2.05) is 39.8 Å². The maximum Gasteiger partial charge on any atom is 0.214 e. The molecular weight excluding hydrogens is 176 g/mol. The van der Waals surface area contributed by atoms with Crippen LogP contribution in [0.5, 0.6) is 5.88 Å². The number of nitrogens with two attached hydrogens (primary N) is 1. The molecule has 0 aliphatic rings. The Kier molecular flexibility index (Phi) is 3.11. The summed E-state index contributed by atoms with van der Waals surface area (Å²) in [6, 6.07) is 3.80. The molecule has 0 radical (unpaired) electrons. The van der Waals surface area contributed by atoms with E-state index in [0.717, 1.165) is 5.56 Å². The van der Waals surface area contributed by atoms with E-state index in [0.29, 0.717) is 5.88 Å². The van der Waals surface area contributed by atoms with Crippen LogP contribution in [0.25, 0.3) is 0 Å². The van der Waals surface area contributed by atoms with Crippen LogP contribution < -0.4 is 10.5 Å². The minimum atomic E-state index is -0.219. The van der Waals surface area contributed by atoms with Gasteiger partial charge in [0.2, 0.25) is 5.88 Å². The first-order chi connectivity index (χ1) is 6.38. The van der Waals surface area contributed by atoms with Gasteiger partial charge < -0.3 is 10.5 Å². The van der Waals surface area contributed by atoms with Crippen LogP contribution in [-0.2, 0) is 0 Å². The highest BCUT2D eigenvalue weighted by Crippen LogP contribution is 2.18. The molecule has 1 aromatic rings. The van der Waals surface area contributed by atoms with Gasteiger partial charge in [-0.15, -0.1) is 0 Å². The first-order valence-corrected chi connectivity index (χ1v) is 4.79. The molecule has 0 saturated heterocycles. The van der Waals surface area contributed by atoms with Crippen LogP contribution in [0.1, 0.15) is 39.3 Å². The summed E-state index contributed by atoms with van der Waals surface area (Å²) in [6.07, 6.45) is 1.72. The highest BCUT2D eigenvalue weighted by Gasteiger charge is 2.13. The lowest BCUT2D eigenvalue weighted by atomic mass is 10.1. The molecule has 0 unspecified atom stereocenters. The van der Waals surface area contributed by atoms with Crippen molar-refractivity contribution in [2.75, 3.05) is 0 Å². The number of rotatable bonds is 2. The first-order valence-electron chi connectivity index (χ1n) is 4.79. The summed E-state index contributed by atoms with van der Waals surface area (Å²) in [5, 5.41) is 0. The van der Waals surface area contributed by atoms with E-state index in [2.05, 4.69) is 4.98 Å². The Morgan fingerprint density at radius 3 is 2.57 bits per heavy atom. The molecule has 78 valence electrons. The van der Waals surface area contributed by atoms with E-state index in [4.69, 9.17) is 10.5 Å². The van der Waals surface area contributed by atoms with Crippen LogP contribution in [0.15, 0.2) is 18.3 Å². The molecule has 0 amide bonds. The van der Waals surface area contributed by atoms with E-state index < -0.39 is 0 Å². The second-order valence-electron chi connectivity index (χ2n) is 4.43. The van der Waals surface area contributed by atoms with Gasteiger partial charge in [-0.25, -0.2) is 4.98 Å². The highest BCUT2D eigenvalue weighted by atomic mass is 16.5. The Bertz CT molecular complexity index is 302. The lowest BCUT2D eigenvalue weighted by molar-refractivity contribution is 0.124. The van der Waals surface area contributed by atoms with E-state index >= 15 is 0 Å². The lowest BCUT2D eigenvalue weighted by Gasteiger charge is -2.20. The van der Waals surface area contributed by atoms with Gasteiger partial charge in [0.1, 0.15) is 5.60 Å². The van der Waals surface area contributed by atoms with Crippen molar-refractivity contribution in [1.29, 1.82) is 0 Å². The Morgan fingerprint density at radius 2 is 2.07 bits per heavy atom. The maximum absolute atomic E-state index is 5.76. The molecule has 3 nitrogen and oxygen atoms in total. The molecule has 0 fully saturated rings. The summed E-state index contributed by atoms with van der Waals surface area (Å²) in [6.45, 7) is 7.92. The van der Waals surface area contributed by atoms with Crippen molar-refractivity contribution in [3.05, 3.63) is 23.9 Å². The molecule has 0 aliphatic heterocycles. The average molecular weight is 194 g/mol. The van der Waals surface area contributed by atoms with Gasteiger partial charge in [0.05, 0.1) is 0 Å². The van der Waals surface area contributed by atoms with Gasteiger partial charge in [-0.1, -0.05) is 0 Å². The van der Waals surface area contributed by atoms with Gasteiger partial charge in [-0.3, -0.25) is 0 Å². The molecule has 3 heteroatoms. The fourth-order valence-corrected chi connectivity index (χ4v) is 1.08. The minimum absolute atomic E-state index is 0.0142. The van der Waals surface area contributed by atoms with Crippen molar-refractivity contribution in [3.63, 3.8) is 0 Å². The average Bonchev–Trinajstić information content (AvgIpc) is 2.01. The molecule has 0 bridgehead atoms. The van der Waals surface area contributed by atoms with Crippen LogP contribution in [0.2, 0.25) is 0 Å². The number of aromatic nitrogens is 1. The molecule has 1 heterocycles. The minimum Gasteiger partial charge on any atom is -0.472 e. The fraction of sp³-hybridized carbons (Fsp3) is 0.545. The zero-order valence-electron chi connectivity index (χ0n) is 9.24. The molecule has 2 N–H and O–H groups in total. The van der Waals surface area contributed by atoms with Crippen LogP contribution >= 0.6 is 0 Å². The third kappa shape index (κ3) is 3.34. The van der Waals surface area contributed by atoms with Crippen LogP contribution in [0, 0.1) is 0 Å². The standard InChI is InChI=1S/C11H18N2O/c1-8(12)9-5-6-13-10(7-9)14-11(2,3)4/h5-8H,12H2,1-4H3/t8-/m1/s1. The number of hydrogen-bond donors (Lipinski definition) is 1. The molecule has 1 rings (SSSR count). The lowest BCUT2D eigenvalue weighted by Crippen LogP contribution is -2.23. The van der Waals surface area contributed by atoms with Crippen LogP contribution in [-0.4, -0.2) is 10.6 Å². The predicted octanol–water partition coefficient (Wildman–Crippen LogP) is 2.28. The van der Waals surface area contributed by atoms with Gasteiger partial charge >= 0.3 is 0 Å². The van der Waals surface area contributed by atoms with E-state index in [1.165, 1.54) is 0 Å². The molecule has 0 aliphatic carbocycles. The van der Waals surface area contributed by atoms with Gasteiger partial charge in [0.25, 0.3) is 0 Å². The number of ether oxygens (including phenoxy) is 1. The predicted molar refractivity (Wildman–Crippen MR) is 57.2 cm³/mol. The zero-order chi connectivity index (χ0) is 10.8. The van der Waals surface area contributed by atoms with Gasteiger partial charge in [-0.05, 0) is 39.3 Å². The Morgan fingerprint density at radius 1 is 1.43 bits per heavy atom. The van der Waals surface area contributed by atoms with Crippen molar-refractivity contribution < 1.29 is 4.74 Å². The van der Waals surface area contributed by atoms with Crippen molar-refractivity contribution >= 4 is 0 Å². The second kappa shape index (κ2) is 3.96. The van der Waals surface area contributed by atoms with Crippen molar-refractivity contribution in [1.82, 2.24) is 4.98 Å². The summed E-state index contributed by atoms with van der Waals surface area (Å²) >= 11 is 0. The highest BCUT2D eigenvalue weighted by molar-refractivity contribution is 5.23. The molecule has 0 spiro atoms. The Labute approximate surface area is 85.3 Å². The zero-order valence-corrected chi connectivity index (χ0v) is 9.24. The smallest absolute Gasteiger partial charge is 0.214 e. The number of pyridine rings is 1. The second-order valence-corrected chi connectivity index (χ2v) is 4.43.